The largest absolute Gasteiger partial charge is 1.00 e. The quantitative estimate of drug-likeness (QED) is 0.250. The molecule has 13 heteroatoms. The van der Waals surface area contributed by atoms with Crippen LogP contribution in [0.2, 0.25) is 0 Å². The summed E-state index contributed by atoms with van der Waals surface area (Å²) in [6.45, 7) is 0. The van der Waals surface area contributed by atoms with E-state index in [1.54, 1.807) is 44.4 Å². The van der Waals surface area contributed by atoms with Crippen LogP contribution in [0.4, 0.5) is 29.2 Å². The van der Waals surface area contributed by atoms with Crippen molar-refractivity contribution in [2.24, 2.45) is 0 Å². The number of benzene rings is 2. The number of nitrogens with zero attached hydrogens (tertiary/aromatic N) is 3. The third-order valence-corrected chi connectivity index (χ3v) is 4.70. The third-order valence-electron chi connectivity index (χ3n) is 3.87. The molecule has 1 heterocycles. The fourth-order valence-corrected chi connectivity index (χ4v) is 2.95. The monoisotopic (exact) mass is 451 g/mol. The molecular weight excluding hydrogens is 433 g/mol. The Morgan fingerprint density at radius 1 is 0.871 bits per heavy atom. The van der Waals surface area contributed by atoms with Crippen molar-refractivity contribution in [3.8, 4) is 0 Å². The van der Waals surface area contributed by atoms with E-state index in [-0.39, 0.29) is 58.2 Å². The maximum atomic E-state index is 11.6. The zero-order valence-electron chi connectivity index (χ0n) is 17.0. The van der Waals surface area contributed by atoms with Gasteiger partial charge >= 0.3 is 29.6 Å². The van der Waals surface area contributed by atoms with Crippen LogP contribution >= 0.6 is 0 Å². The Morgan fingerprint density at radius 2 is 1.45 bits per heavy atom. The fraction of sp³-hybridized carbons (Fsp3) is 0.111. The van der Waals surface area contributed by atoms with Crippen LogP contribution in [0.15, 0.2) is 53.4 Å². The third kappa shape index (κ3) is 6.60. The summed E-state index contributed by atoms with van der Waals surface area (Å²) in [6.07, 6.45) is 0. The Balaban J connectivity index is 0.00000341. The van der Waals surface area contributed by atoms with Crippen molar-refractivity contribution < 1.29 is 47.3 Å². The summed E-state index contributed by atoms with van der Waals surface area (Å²) in [5.74, 6) is 0.383. The van der Waals surface area contributed by atoms with E-state index >= 15 is 0 Å². The van der Waals surface area contributed by atoms with Crippen LogP contribution in [0.3, 0.4) is 0 Å². The van der Waals surface area contributed by atoms with Gasteiger partial charge in [-0.05, 0) is 42.5 Å². The van der Waals surface area contributed by atoms with Crippen molar-refractivity contribution in [1.29, 1.82) is 0 Å². The van der Waals surface area contributed by atoms with Gasteiger partial charge in [0, 0.05) is 31.0 Å². The molecule has 0 atom stereocenters. The number of nitrogens with one attached hydrogen (secondary N) is 4. The molecule has 0 saturated heterocycles. The number of carbonyl (C=O) groups excluding carboxylic acids is 1. The Bertz CT molecular complexity index is 1170. The minimum Gasteiger partial charge on any atom is -0.744 e. The van der Waals surface area contributed by atoms with Crippen LogP contribution < -0.4 is 50.8 Å². The van der Waals surface area contributed by atoms with Gasteiger partial charge in [0.25, 0.3) is 5.91 Å². The second-order valence-corrected chi connectivity index (χ2v) is 7.32. The first-order chi connectivity index (χ1) is 14.3. The van der Waals surface area contributed by atoms with Crippen LogP contribution in [-0.4, -0.2) is 47.9 Å². The molecule has 0 spiro atoms. The van der Waals surface area contributed by atoms with E-state index in [9.17, 15) is 17.8 Å². The molecule has 0 aliphatic heterocycles. The number of amides is 1. The van der Waals surface area contributed by atoms with Gasteiger partial charge in [-0.25, -0.2) is 8.42 Å². The molecule has 2 aromatic carbocycles. The standard InChI is InChI=1S/C18H19N7O4S.Na/c1-19-15(26)11-6-8-12(9-7-11)21-17-23-16(20-2)24-18(25-17)22-13-4-3-5-14(10-13)30(27,28)29;/h3-10H,1-2H3,(H,19,26)(H,27,28,29)(H3,20,21,22,23,24,25);/q;+1/p-1. The first-order valence-electron chi connectivity index (χ1n) is 8.64. The van der Waals surface area contributed by atoms with Gasteiger partial charge in [0.15, 0.2) is 0 Å². The van der Waals surface area contributed by atoms with Crippen LogP contribution in [0, 0.1) is 0 Å². The van der Waals surface area contributed by atoms with E-state index in [0.717, 1.165) is 0 Å². The minimum absolute atomic E-state index is 0. The predicted molar refractivity (Wildman–Crippen MR) is 110 cm³/mol. The molecule has 0 bridgehead atoms. The van der Waals surface area contributed by atoms with Crippen LogP contribution in [0.5, 0.6) is 0 Å². The van der Waals surface area contributed by atoms with Crippen molar-refractivity contribution in [3.63, 3.8) is 0 Å². The molecular formula is C18H18N7NaO4S. The van der Waals surface area contributed by atoms with Gasteiger partial charge in [-0.15, -0.1) is 0 Å². The second-order valence-electron chi connectivity index (χ2n) is 5.94. The molecule has 0 unspecified atom stereocenters. The molecule has 11 nitrogen and oxygen atoms in total. The molecule has 31 heavy (non-hydrogen) atoms. The predicted octanol–water partition coefficient (Wildman–Crippen LogP) is -1.33. The smallest absolute Gasteiger partial charge is 0.744 e. The fourth-order valence-electron chi connectivity index (χ4n) is 2.44. The summed E-state index contributed by atoms with van der Waals surface area (Å²) in [7, 11) is -1.41. The minimum atomic E-state index is -4.59. The first kappa shape index (κ1) is 24.5. The van der Waals surface area contributed by atoms with Gasteiger partial charge in [0.05, 0.1) is 4.90 Å². The van der Waals surface area contributed by atoms with E-state index in [0.29, 0.717) is 16.9 Å². The molecule has 0 fully saturated rings. The molecule has 0 aliphatic rings. The van der Waals surface area contributed by atoms with Gasteiger partial charge in [0.1, 0.15) is 10.1 Å². The summed E-state index contributed by atoms with van der Waals surface area (Å²) >= 11 is 0. The summed E-state index contributed by atoms with van der Waals surface area (Å²) in [5.41, 5.74) is 1.47. The average molecular weight is 451 g/mol. The van der Waals surface area contributed by atoms with Gasteiger partial charge in [0.2, 0.25) is 17.8 Å². The summed E-state index contributed by atoms with van der Waals surface area (Å²) in [6, 6.07) is 12.1. The zero-order valence-corrected chi connectivity index (χ0v) is 19.8. The summed E-state index contributed by atoms with van der Waals surface area (Å²) in [5, 5.41) is 11.2. The van der Waals surface area contributed by atoms with Gasteiger partial charge in [-0.1, -0.05) is 6.07 Å². The number of aromatic nitrogens is 3. The Morgan fingerprint density at radius 3 is 2.00 bits per heavy atom. The summed E-state index contributed by atoms with van der Waals surface area (Å²) in [4.78, 5) is 23.9. The molecule has 156 valence electrons. The van der Waals surface area contributed by atoms with Gasteiger partial charge in [-0.2, -0.15) is 15.0 Å². The molecule has 4 N–H and O–H groups in total. The van der Waals surface area contributed by atoms with E-state index in [1.807, 2.05) is 0 Å². The average Bonchev–Trinajstić information content (AvgIpc) is 2.73. The number of carbonyl (C=O) groups is 1. The van der Waals surface area contributed by atoms with Crippen molar-refractivity contribution >= 4 is 45.2 Å². The molecule has 1 aromatic heterocycles. The Kier molecular flexibility index (Phi) is 8.30. The van der Waals surface area contributed by atoms with Crippen molar-refractivity contribution in [3.05, 3.63) is 54.1 Å². The summed E-state index contributed by atoms with van der Waals surface area (Å²) < 4.78 is 33.6. The van der Waals surface area contributed by atoms with Crippen LogP contribution in [0.25, 0.3) is 0 Å². The molecule has 0 radical (unpaired) electrons. The maximum absolute atomic E-state index is 11.6. The second kappa shape index (κ2) is 10.5. The van der Waals surface area contributed by atoms with E-state index < -0.39 is 10.1 Å². The van der Waals surface area contributed by atoms with Crippen molar-refractivity contribution in [2.75, 3.05) is 30.0 Å². The van der Waals surface area contributed by atoms with Crippen molar-refractivity contribution in [2.45, 2.75) is 4.90 Å². The van der Waals surface area contributed by atoms with Crippen molar-refractivity contribution in [1.82, 2.24) is 20.3 Å². The number of hydrogen-bond donors (Lipinski definition) is 4. The maximum Gasteiger partial charge on any atom is 1.00 e. The van der Waals surface area contributed by atoms with Gasteiger partial charge in [-0.3, -0.25) is 4.79 Å². The topological polar surface area (TPSA) is 161 Å². The van der Waals surface area contributed by atoms with Gasteiger partial charge < -0.3 is 25.8 Å². The SMILES string of the molecule is CNC(=O)c1ccc(Nc2nc(NC)nc(Nc3cccc(S(=O)(=O)[O-])c3)n2)cc1.[Na+]. The zero-order chi connectivity index (χ0) is 21.7. The molecule has 0 saturated carbocycles. The first-order valence-corrected chi connectivity index (χ1v) is 10.1. The Hall–Kier alpha value is -2.77. The van der Waals surface area contributed by atoms with Crippen LogP contribution in [0.1, 0.15) is 10.4 Å². The Labute approximate surface area is 201 Å². The number of rotatable bonds is 7. The molecule has 3 rings (SSSR count). The molecule has 1 amide bonds. The number of hydrogen-bond acceptors (Lipinski definition) is 10. The normalized spacial score (nSPS) is 10.5. The van der Waals surface area contributed by atoms with Crippen LogP contribution in [-0.2, 0) is 10.1 Å². The molecule has 3 aromatic rings. The van der Waals surface area contributed by atoms with E-state index in [1.165, 1.54) is 18.2 Å². The van der Waals surface area contributed by atoms with E-state index in [4.69, 9.17) is 0 Å². The number of anilines is 5. The van der Waals surface area contributed by atoms with E-state index in [2.05, 4.69) is 36.2 Å². The molecule has 0 aliphatic carbocycles.